The number of carbonyl (C=O) groups is 2. The zero-order valence-electron chi connectivity index (χ0n) is 14.9. The minimum atomic E-state index is -0.436. The van der Waals surface area contributed by atoms with Crippen molar-refractivity contribution < 1.29 is 9.59 Å². The Morgan fingerprint density at radius 1 is 1.16 bits per heavy atom. The van der Waals surface area contributed by atoms with Gasteiger partial charge in [0.05, 0.1) is 12.6 Å². The van der Waals surface area contributed by atoms with Gasteiger partial charge in [0.2, 0.25) is 11.9 Å². The Morgan fingerprint density at radius 3 is 2.36 bits per heavy atom. The van der Waals surface area contributed by atoms with E-state index in [2.05, 4.69) is 53.5 Å². The van der Waals surface area contributed by atoms with Gasteiger partial charge in [-0.25, -0.2) is 4.98 Å². The van der Waals surface area contributed by atoms with E-state index in [-0.39, 0.29) is 18.0 Å². The minimum absolute atomic E-state index is 0.145. The summed E-state index contributed by atoms with van der Waals surface area (Å²) in [6.07, 6.45) is 1.23. The maximum atomic E-state index is 11.6. The highest BCUT2D eigenvalue weighted by Crippen LogP contribution is 2.19. The lowest BCUT2D eigenvalue weighted by Crippen LogP contribution is -2.17. The van der Waals surface area contributed by atoms with E-state index in [1.807, 2.05) is 0 Å². The van der Waals surface area contributed by atoms with Crippen LogP contribution in [-0.2, 0) is 16.1 Å². The highest BCUT2D eigenvalue weighted by Gasteiger charge is 2.10. The molecular formula is C18H23N5O2. The van der Waals surface area contributed by atoms with Gasteiger partial charge >= 0.3 is 0 Å². The number of Topliss-reactive ketones (excluding diaryl/α,β-unsaturated/α-hetero) is 1. The zero-order chi connectivity index (χ0) is 18.6. The van der Waals surface area contributed by atoms with Crippen LogP contribution in [0.3, 0.4) is 0 Å². The number of rotatable bonds is 6. The summed E-state index contributed by atoms with van der Waals surface area (Å²) >= 11 is 0. The fourth-order valence-corrected chi connectivity index (χ4v) is 2.65. The molecule has 0 aliphatic carbocycles. The van der Waals surface area contributed by atoms with Crippen LogP contribution in [0.15, 0.2) is 18.3 Å². The topological polar surface area (TPSA) is 110 Å². The predicted molar refractivity (Wildman–Crippen MR) is 98.4 cm³/mol. The number of nitrogen functional groups attached to an aromatic ring is 1. The van der Waals surface area contributed by atoms with Gasteiger partial charge in [-0.15, -0.1) is 0 Å². The first kappa shape index (κ1) is 18.4. The van der Waals surface area contributed by atoms with Crippen LogP contribution in [0.4, 0.5) is 17.5 Å². The van der Waals surface area contributed by atoms with Crippen molar-refractivity contribution in [2.45, 2.75) is 40.7 Å². The number of aromatic nitrogens is 2. The Morgan fingerprint density at radius 2 is 1.80 bits per heavy atom. The fraction of sp³-hybridized carbons (Fsp3) is 0.333. The summed E-state index contributed by atoms with van der Waals surface area (Å²) < 4.78 is 0. The zero-order valence-corrected chi connectivity index (χ0v) is 14.9. The Kier molecular flexibility index (Phi) is 5.69. The van der Waals surface area contributed by atoms with Crippen LogP contribution in [0.2, 0.25) is 0 Å². The summed E-state index contributed by atoms with van der Waals surface area (Å²) in [5.74, 6) is -0.137. The van der Waals surface area contributed by atoms with E-state index in [0.717, 1.165) is 0 Å². The maximum Gasteiger partial charge on any atom is 0.231 e. The second-order valence-corrected chi connectivity index (χ2v) is 6.15. The van der Waals surface area contributed by atoms with Gasteiger partial charge in [0, 0.05) is 6.54 Å². The average Bonchev–Trinajstić information content (AvgIpc) is 2.48. The number of amides is 1. The van der Waals surface area contributed by atoms with E-state index in [1.54, 1.807) is 0 Å². The van der Waals surface area contributed by atoms with E-state index >= 15 is 0 Å². The third-order valence-electron chi connectivity index (χ3n) is 3.77. The van der Waals surface area contributed by atoms with Gasteiger partial charge in [0.15, 0.2) is 5.82 Å². The normalized spacial score (nSPS) is 10.4. The van der Waals surface area contributed by atoms with Gasteiger partial charge in [-0.3, -0.25) is 9.59 Å². The van der Waals surface area contributed by atoms with E-state index in [9.17, 15) is 9.59 Å². The lowest BCUT2D eigenvalue weighted by Gasteiger charge is -2.13. The number of anilines is 3. The number of ketones is 1. The molecule has 25 heavy (non-hydrogen) atoms. The second-order valence-electron chi connectivity index (χ2n) is 6.15. The molecule has 1 aromatic heterocycles. The number of nitrogens with zero attached hydrogens (tertiary/aromatic N) is 2. The lowest BCUT2D eigenvalue weighted by atomic mass is 10.00. The van der Waals surface area contributed by atoms with Gasteiger partial charge in [-0.2, -0.15) is 4.98 Å². The molecular weight excluding hydrogens is 318 g/mol. The van der Waals surface area contributed by atoms with Crippen molar-refractivity contribution in [3.8, 4) is 0 Å². The van der Waals surface area contributed by atoms with Gasteiger partial charge < -0.3 is 16.4 Å². The molecule has 0 saturated carbocycles. The largest absolute Gasteiger partial charge is 0.382 e. The van der Waals surface area contributed by atoms with Crippen molar-refractivity contribution in [2.75, 3.05) is 16.4 Å². The number of benzene rings is 1. The molecule has 0 aliphatic heterocycles. The molecule has 0 atom stereocenters. The molecule has 0 aliphatic rings. The number of hydrogen-bond donors (Lipinski definition) is 3. The number of aryl methyl sites for hydroxylation is 3. The molecule has 132 valence electrons. The summed E-state index contributed by atoms with van der Waals surface area (Å²) in [5.41, 5.74) is 11.0. The molecule has 7 nitrogen and oxygen atoms in total. The van der Waals surface area contributed by atoms with E-state index < -0.39 is 5.91 Å². The van der Waals surface area contributed by atoms with Crippen LogP contribution in [0.1, 0.15) is 35.6 Å². The van der Waals surface area contributed by atoms with E-state index in [0.29, 0.717) is 18.2 Å². The number of nitrogens with one attached hydrogen (secondary N) is 2. The Balaban J connectivity index is 2.06. The minimum Gasteiger partial charge on any atom is -0.382 e. The van der Waals surface area contributed by atoms with Crippen molar-refractivity contribution in [2.24, 2.45) is 0 Å². The average molecular weight is 341 g/mol. The summed E-state index contributed by atoms with van der Waals surface area (Å²) in [5, 5.41) is 5.68. The maximum absolute atomic E-state index is 11.6. The molecule has 1 aromatic carbocycles. The van der Waals surface area contributed by atoms with Gasteiger partial charge in [-0.1, -0.05) is 17.7 Å². The smallest absolute Gasteiger partial charge is 0.231 e. The number of nitrogens with two attached hydrogens (primary N) is 1. The molecule has 0 bridgehead atoms. The van der Waals surface area contributed by atoms with Crippen LogP contribution in [0.25, 0.3) is 0 Å². The van der Waals surface area contributed by atoms with Gasteiger partial charge in [0.25, 0.3) is 0 Å². The van der Waals surface area contributed by atoms with Crippen LogP contribution in [-0.4, -0.2) is 21.7 Å². The van der Waals surface area contributed by atoms with Crippen molar-refractivity contribution in [1.29, 1.82) is 0 Å². The quantitative estimate of drug-likeness (QED) is 0.696. The highest BCUT2D eigenvalue weighted by molar-refractivity contribution is 6.04. The lowest BCUT2D eigenvalue weighted by molar-refractivity contribution is -0.124. The van der Waals surface area contributed by atoms with Crippen molar-refractivity contribution in [3.05, 3.63) is 40.6 Å². The summed E-state index contributed by atoms with van der Waals surface area (Å²) in [7, 11) is 0. The second kappa shape index (κ2) is 7.74. The first-order valence-electron chi connectivity index (χ1n) is 7.98. The summed E-state index contributed by atoms with van der Waals surface area (Å²) in [6, 6.07) is 4.26. The molecule has 0 fully saturated rings. The van der Waals surface area contributed by atoms with E-state index in [1.165, 1.54) is 35.4 Å². The molecule has 0 saturated heterocycles. The predicted octanol–water partition coefficient (Wildman–Crippen LogP) is 2.51. The van der Waals surface area contributed by atoms with Gasteiger partial charge in [0.1, 0.15) is 11.5 Å². The van der Waals surface area contributed by atoms with Crippen LogP contribution in [0, 0.1) is 20.8 Å². The third-order valence-corrected chi connectivity index (χ3v) is 3.77. The SMILES string of the molecule is CC(=O)CC(=O)Nc1cnc(NCc2c(C)cc(C)cc2C)nc1N. The highest BCUT2D eigenvalue weighted by atomic mass is 16.2. The number of hydrogen-bond acceptors (Lipinski definition) is 6. The molecule has 7 heteroatoms. The Hall–Kier alpha value is -2.96. The van der Waals surface area contributed by atoms with Crippen LogP contribution >= 0.6 is 0 Å². The fourth-order valence-electron chi connectivity index (χ4n) is 2.65. The Labute approximate surface area is 147 Å². The van der Waals surface area contributed by atoms with Gasteiger partial charge in [-0.05, 0) is 44.4 Å². The molecule has 0 radical (unpaired) electrons. The Bertz CT molecular complexity index is 794. The standard InChI is InChI=1S/C18H23N5O2/c1-10-5-11(2)14(12(3)6-10)8-20-18-21-9-15(17(19)23-18)22-16(25)7-13(4)24/h5-6,9H,7-8H2,1-4H3,(H,22,25)(H3,19,20,21,23). The van der Waals surface area contributed by atoms with Crippen molar-refractivity contribution in [3.63, 3.8) is 0 Å². The molecule has 0 unspecified atom stereocenters. The summed E-state index contributed by atoms with van der Waals surface area (Å²) in [6.45, 7) is 8.13. The molecule has 0 spiro atoms. The molecule has 4 N–H and O–H groups in total. The molecule has 2 rings (SSSR count). The third kappa shape index (κ3) is 5.00. The number of carbonyl (C=O) groups excluding carboxylic acids is 2. The monoisotopic (exact) mass is 341 g/mol. The molecule has 1 heterocycles. The molecule has 1 amide bonds. The first-order valence-corrected chi connectivity index (χ1v) is 7.98. The summed E-state index contributed by atoms with van der Waals surface area (Å²) in [4.78, 5) is 30.9. The van der Waals surface area contributed by atoms with Crippen molar-refractivity contribution in [1.82, 2.24) is 9.97 Å². The van der Waals surface area contributed by atoms with E-state index in [4.69, 9.17) is 5.73 Å². The molecule has 2 aromatic rings. The van der Waals surface area contributed by atoms with Crippen LogP contribution in [0.5, 0.6) is 0 Å². The first-order chi connectivity index (χ1) is 11.8. The van der Waals surface area contributed by atoms with Crippen LogP contribution < -0.4 is 16.4 Å². The van der Waals surface area contributed by atoms with Crippen molar-refractivity contribution >= 4 is 29.1 Å².